The molecule has 3 saturated carbocycles. The summed E-state index contributed by atoms with van der Waals surface area (Å²) in [6.45, 7) is 2.97. The Hall–Kier alpha value is -1.15. The molecule has 1 unspecified atom stereocenters. The number of hydrogen-bond donors (Lipinski definition) is 4. The van der Waals surface area contributed by atoms with E-state index in [2.05, 4.69) is 4.52 Å². The van der Waals surface area contributed by atoms with Gasteiger partial charge < -0.3 is 20.0 Å². The van der Waals surface area contributed by atoms with Gasteiger partial charge in [-0.3, -0.25) is 14.1 Å². The highest BCUT2D eigenvalue weighted by Crippen LogP contribution is 2.67. The Morgan fingerprint density at radius 3 is 2.67 bits per heavy atom. The molecule has 4 N–H and O–H groups in total. The van der Waals surface area contributed by atoms with Crippen molar-refractivity contribution >= 4 is 19.4 Å². The number of allylic oxidation sites excluding steroid dienone is 4. The molecule has 30 heavy (non-hydrogen) atoms. The van der Waals surface area contributed by atoms with Gasteiger partial charge in [-0.15, -0.1) is 0 Å². The lowest BCUT2D eigenvalue weighted by atomic mass is 9.46. The number of fused-ring (bicyclic) bond motifs is 5. The zero-order chi connectivity index (χ0) is 22.1. The van der Waals surface area contributed by atoms with Gasteiger partial charge in [-0.1, -0.05) is 25.5 Å². The van der Waals surface area contributed by atoms with E-state index >= 15 is 0 Å². The quantitative estimate of drug-likeness (QED) is 0.484. The Morgan fingerprint density at radius 2 is 2.00 bits per heavy atom. The van der Waals surface area contributed by atoms with Crippen molar-refractivity contribution in [2.24, 2.45) is 28.6 Å². The van der Waals surface area contributed by atoms with Crippen LogP contribution in [0.5, 0.6) is 0 Å². The molecule has 7 atom stereocenters. The van der Waals surface area contributed by atoms with Gasteiger partial charge in [0.2, 0.25) is 0 Å². The van der Waals surface area contributed by atoms with Crippen molar-refractivity contribution in [1.29, 1.82) is 0 Å². The monoisotopic (exact) mass is 440 g/mol. The van der Waals surface area contributed by atoms with Gasteiger partial charge in [0.05, 0.1) is 6.10 Å². The molecule has 9 heteroatoms. The number of aliphatic hydroxyl groups is 2. The molecule has 0 aromatic carbocycles. The van der Waals surface area contributed by atoms with Gasteiger partial charge >= 0.3 is 7.82 Å². The molecule has 0 radical (unpaired) electrons. The molecule has 0 saturated heterocycles. The maximum Gasteiger partial charge on any atom is 0.470 e. The molecule has 0 aromatic rings. The standard InChI is InChI=1S/C21H29O8P/c1-19-7-5-13(22)9-12(19)3-4-14-15-6-8-21(25,17(24)11-29-30(26,27)28)20(15,2)10-16(23)18(14)19/h5,7,9,14-16,18,23,25H,3-4,6,8,10-11H2,1-2H3,(H2,26,27,28)/t14-,15?,16-,18+,19-,20-,21-/m0/s1. The molecular weight excluding hydrogens is 411 g/mol. The lowest BCUT2D eigenvalue weighted by Gasteiger charge is -2.59. The van der Waals surface area contributed by atoms with Crippen LogP contribution in [0, 0.1) is 28.6 Å². The maximum atomic E-state index is 12.8. The van der Waals surface area contributed by atoms with Crippen LogP contribution in [0.1, 0.15) is 46.0 Å². The summed E-state index contributed by atoms with van der Waals surface area (Å²) < 4.78 is 15.4. The number of carbonyl (C=O) groups excluding carboxylic acids is 2. The van der Waals surface area contributed by atoms with Gasteiger partial charge in [-0.25, -0.2) is 4.57 Å². The van der Waals surface area contributed by atoms with Crippen molar-refractivity contribution < 1.29 is 38.7 Å². The van der Waals surface area contributed by atoms with E-state index in [9.17, 15) is 24.4 Å². The minimum absolute atomic E-state index is 0.0284. The van der Waals surface area contributed by atoms with E-state index in [0.717, 1.165) is 18.4 Å². The van der Waals surface area contributed by atoms with Crippen molar-refractivity contribution in [1.82, 2.24) is 0 Å². The molecule has 8 nitrogen and oxygen atoms in total. The fourth-order valence-electron chi connectivity index (χ4n) is 7.05. The normalized spacial score (nSPS) is 45.4. The van der Waals surface area contributed by atoms with E-state index in [-0.39, 0.29) is 36.4 Å². The number of phosphoric ester groups is 1. The van der Waals surface area contributed by atoms with Crippen LogP contribution in [0.15, 0.2) is 23.8 Å². The van der Waals surface area contributed by atoms with Crippen LogP contribution in [-0.2, 0) is 18.7 Å². The molecule has 0 bridgehead atoms. The Balaban J connectivity index is 1.65. The summed E-state index contributed by atoms with van der Waals surface area (Å²) in [6.07, 6.45) is 6.76. The summed E-state index contributed by atoms with van der Waals surface area (Å²) in [6, 6.07) is 0. The molecule has 0 amide bonds. The third-order valence-electron chi connectivity index (χ3n) is 8.47. The van der Waals surface area contributed by atoms with Gasteiger partial charge in [-0.2, -0.15) is 0 Å². The number of ketones is 2. The van der Waals surface area contributed by atoms with Crippen molar-refractivity contribution in [3.8, 4) is 0 Å². The van der Waals surface area contributed by atoms with Crippen molar-refractivity contribution in [3.63, 3.8) is 0 Å². The van der Waals surface area contributed by atoms with Crippen molar-refractivity contribution in [2.45, 2.75) is 57.7 Å². The first-order chi connectivity index (χ1) is 13.8. The summed E-state index contributed by atoms with van der Waals surface area (Å²) >= 11 is 0. The summed E-state index contributed by atoms with van der Waals surface area (Å²) in [5.74, 6) is -0.888. The smallest absolute Gasteiger partial charge is 0.393 e. The zero-order valence-electron chi connectivity index (χ0n) is 17.2. The molecule has 4 aliphatic carbocycles. The fourth-order valence-corrected chi connectivity index (χ4v) is 7.34. The highest BCUT2D eigenvalue weighted by atomic mass is 31.2. The average molecular weight is 440 g/mol. The number of Topliss-reactive ketones (excluding diaryl/α,β-unsaturated/α-hetero) is 1. The highest BCUT2D eigenvalue weighted by Gasteiger charge is 2.68. The van der Waals surface area contributed by atoms with E-state index in [4.69, 9.17) is 9.79 Å². The predicted octanol–water partition coefficient (Wildman–Crippen LogP) is 1.67. The minimum atomic E-state index is -4.84. The Morgan fingerprint density at radius 1 is 1.30 bits per heavy atom. The number of carbonyl (C=O) groups is 2. The molecule has 0 heterocycles. The Kier molecular flexibility index (Phi) is 5.09. The summed E-state index contributed by atoms with van der Waals surface area (Å²) in [4.78, 5) is 42.5. The largest absolute Gasteiger partial charge is 0.470 e. The number of hydrogen-bond acceptors (Lipinski definition) is 6. The summed E-state index contributed by atoms with van der Waals surface area (Å²) in [5, 5.41) is 22.6. The third-order valence-corrected chi connectivity index (χ3v) is 8.94. The van der Waals surface area contributed by atoms with E-state index in [1.54, 1.807) is 19.1 Å². The van der Waals surface area contributed by atoms with Crippen LogP contribution in [0.4, 0.5) is 0 Å². The first-order valence-electron chi connectivity index (χ1n) is 10.4. The predicted molar refractivity (Wildman–Crippen MR) is 106 cm³/mol. The number of phosphoric acid groups is 1. The van der Waals surface area contributed by atoms with Crippen LogP contribution in [0.3, 0.4) is 0 Å². The second kappa shape index (κ2) is 6.92. The first-order valence-corrected chi connectivity index (χ1v) is 11.9. The first kappa shape index (κ1) is 22.1. The maximum absolute atomic E-state index is 12.8. The molecule has 0 aliphatic heterocycles. The van der Waals surface area contributed by atoms with E-state index in [0.29, 0.717) is 6.42 Å². The lowest BCUT2D eigenvalue weighted by Crippen LogP contribution is -2.61. The highest BCUT2D eigenvalue weighted by molar-refractivity contribution is 7.46. The second-order valence-corrected chi connectivity index (χ2v) is 11.0. The van der Waals surface area contributed by atoms with Crippen molar-refractivity contribution in [2.75, 3.05) is 6.61 Å². The van der Waals surface area contributed by atoms with E-state index in [1.165, 1.54) is 0 Å². The van der Waals surface area contributed by atoms with Crippen LogP contribution < -0.4 is 0 Å². The minimum Gasteiger partial charge on any atom is -0.393 e. The van der Waals surface area contributed by atoms with Gasteiger partial charge in [0.1, 0.15) is 12.2 Å². The zero-order valence-corrected chi connectivity index (χ0v) is 18.0. The van der Waals surface area contributed by atoms with Gasteiger partial charge in [0.25, 0.3) is 0 Å². The van der Waals surface area contributed by atoms with Gasteiger partial charge in [0.15, 0.2) is 11.6 Å². The van der Waals surface area contributed by atoms with Crippen LogP contribution in [-0.4, -0.2) is 49.9 Å². The summed E-state index contributed by atoms with van der Waals surface area (Å²) in [7, 11) is -4.84. The molecule has 4 aliphatic rings. The SMILES string of the molecule is C[C@]12C=CC(=O)C=C1CC[C@H]1C3CC[C@](O)(C(=O)COP(=O)(O)O)[C@@]3(C)C[C@H](O)[C@@H]12. The van der Waals surface area contributed by atoms with Gasteiger partial charge in [-0.05, 0) is 56.1 Å². The van der Waals surface area contributed by atoms with Crippen LogP contribution in [0.2, 0.25) is 0 Å². The molecule has 0 spiro atoms. The molecular formula is C21H29O8P. The lowest BCUT2D eigenvalue weighted by molar-refractivity contribution is -0.178. The average Bonchev–Trinajstić information content (AvgIpc) is 2.91. The van der Waals surface area contributed by atoms with Gasteiger partial charge in [0, 0.05) is 16.7 Å². The summed E-state index contributed by atoms with van der Waals surface area (Å²) in [5.41, 5.74) is -2.15. The molecule has 166 valence electrons. The van der Waals surface area contributed by atoms with E-state index < -0.39 is 42.7 Å². The fraction of sp³-hybridized carbons (Fsp3) is 0.714. The number of rotatable bonds is 4. The number of aliphatic hydroxyl groups excluding tert-OH is 1. The third kappa shape index (κ3) is 3.12. The molecule has 0 aromatic heterocycles. The topological polar surface area (TPSA) is 141 Å². The Labute approximate surface area is 175 Å². The van der Waals surface area contributed by atoms with E-state index in [1.807, 2.05) is 13.0 Å². The van der Waals surface area contributed by atoms with Crippen molar-refractivity contribution in [3.05, 3.63) is 23.8 Å². The molecule has 4 rings (SSSR count). The Bertz CT molecular complexity index is 889. The molecule has 3 fully saturated rings. The van der Waals surface area contributed by atoms with Crippen LogP contribution in [0.25, 0.3) is 0 Å². The van der Waals surface area contributed by atoms with Crippen LogP contribution >= 0.6 is 7.82 Å². The second-order valence-electron chi connectivity index (χ2n) is 9.80.